The molecule has 0 radical (unpaired) electrons. The van der Waals surface area contributed by atoms with Crippen molar-refractivity contribution >= 4 is 5.91 Å². The first-order chi connectivity index (χ1) is 10.0. The van der Waals surface area contributed by atoms with Crippen molar-refractivity contribution in [2.75, 3.05) is 26.2 Å². The summed E-state index contributed by atoms with van der Waals surface area (Å²) in [6.07, 6.45) is 0. The molecule has 2 N–H and O–H groups in total. The summed E-state index contributed by atoms with van der Waals surface area (Å²) in [5.74, 6) is 0.468. The number of nitrogens with zero attached hydrogens (tertiary/aromatic N) is 1. The third kappa shape index (κ3) is 5.14. The van der Waals surface area contributed by atoms with Crippen molar-refractivity contribution in [1.82, 2.24) is 15.5 Å². The minimum absolute atomic E-state index is 0.124. The molecule has 1 heterocycles. The van der Waals surface area contributed by atoms with E-state index in [-0.39, 0.29) is 5.91 Å². The summed E-state index contributed by atoms with van der Waals surface area (Å²) < 4.78 is 0. The van der Waals surface area contributed by atoms with E-state index in [4.69, 9.17) is 0 Å². The van der Waals surface area contributed by atoms with Gasteiger partial charge in [-0.1, -0.05) is 37.3 Å². The molecule has 3 atom stereocenters. The molecule has 0 aliphatic carbocycles. The maximum atomic E-state index is 12.1. The molecule has 1 aromatic rings. The van der Waals surface area contributed by atoms with Gasteiger partial charge >= 0.3 is 0 Å². The maximum absolute atomic E-state index is 12.1. The van der Waals surface area contributed by atoms with Crippen molar-refractivity contribution in [3.63, 3.8) is 0 Å². The SMILES string of the molecule is CC1CN(CC(=O)NCC(C)c2ccccc2)CC(C)N1. The first kappa shape index (κ1) is 16.0. The molecule has 0 saturated carbocycles. The quantitative estimate of drug-likeness (QED) is 0.865. The Bertz CT molecular complexity index is 439. The first-order valence-electron chi connectivity index (χ1n) is 7.84. The lowest BCUT2D eigenvalue weighted by Crippen LogP contribution is -2.56. The van der Waals surface area contributed by atoms with Crippen molar-refractivity contribution < 1.29 is 4.79 Å². The number of amides is 1. The van der Waals surface area contributed by atoms with Crippen LogP contribution in [0.25, 0.3) is 0 Å². The van der Waals surface area contributed by atoms with Crippen LogP contribution < -0.4 is 10.6 Å². The fourth-order valence-electron chi connectivity index (χ4n) is 2.99. The summed E-state index contributed by atoms with van der Waals surface area (Å²) in [6, 6.07) is 11.2. The van der Waals surface area contributed by atoms with Crippen LogP contribution in [0.3, 0.4) is 0 Å². The van der Waals surface area contributed by atoms with E-state index < -0.39 is 0 Å². The Morgan fingerprint density at radius 1 is 1.29 bits per heavy atom. The first-order valence-corrected chi connectivity index (χ1v) is 7.84. The van der Waals surface area contributed by atoms with E-state index >= 15 is 0 Å². The summed E-state index contributed by atoms with van der Waals surface area (Å²) in [7, 11) is 0. The van der Waals surface area contributed by atoms with Crippen molar-refractivity contribution in [1.29, 1.82) is 0 Å². The highest BCUT2D eigenvalue weighted by atomic mass is 16.2. The summed E-state index contributed by atoms with van der Waals surface area (Å²) in [6.45, 7) is 9.54. The molecule has 2 rings (SSSR count). The molecule has 116 valence electrons. The van der Waals surface area contributed by atoms with Gasteiger partial charge in [-0.2, -0.15) is 0 Å². The second kappa shape index (κ2) is 7.57. The molecule has 21 heavy (non-hydrogen) atoms. The highest BCUT2D eigenvalue weighted by molar-refractivity contribution is 5.78. The Hall–Kier alpha value is -1.39. The normalized spacial score (nSPS) is 24.5. The minimum Gasteiger partial charge on any atom is -0.354 e. The highest BCUT2D eigenvalue weighted by Gasteiger charge is 2.22. The van der Waals surface area contributed by atoms with E-state index in [0.29, 0.717) is 31.1 Å². The smallest absolute Gasteiger partial charge is 0.234 e. The summed E-state index contributed by atoms with van der Waals surface area (Å²) in [5, 5.41) is 6.54. The average molecular weight is 289 g/mol. The number of carbonyl (C=O) groups is 1. The van der Waals surface area contributed by atoms with Gasteiger partial charge in [0.25, 0.3) is 0 Å². The van der Waals surface area contributed by atoms with Crippen LogP contribution in [-0.4, -0.2) is 49.1 Å². The molecule has 0 spiro atoms. The summed E-state index contributed by atoms with van der Waals surface area (Å²) >= 11 is 0. The van der Waals surface area contributed by atoms with Gasteiger partial charge in [-0.25, -0.2) is 0 Å². The topological polar surface area (TPSA) is 44.4 Å². The highest BCUT2D eigenvalue weighted by Crippen LogP contribution is 2.13. The van der Waals surface area contributed by atoms with Crippen molar-refractivity contribution in [2.45, 2.75) is 38.8 Å². The van der Waals surface area contributed by atoms with Gasteiger partial charge in [-0.15, -0.1) is 0 Å². The van der Waals surface area contributed by atoms with Crippen molar-refractivity contribution in [2.24, 2.45) is 0 Å². The van der Waals surface area contributed by atoms with Gasteiger partial charge in [0, 0.05) is 31.7 Å². The number of piperazine rings is 1. The van der Waals surface area contributed by atoms with Gasteiger partial charge in [0.2, 0.25) is 5.91 Å². The summed E-state index contributed by atoms with van der Waals surface area (Å²) in [4.78, 5) is 14.3. The lowest BCUT2D eigenvalue weighted by atomic mass is 10.0. The second-order valence-corrected chi connectivity index (χ2v) is 6.28. The Labute approximate surface area is 127 Å². The Kier molecular flexibility index (Phi) is 5.76. The zero-order valence-corrected chi connectivity index (χ0v) is 13.3. The second-order valence-electron chi connectivity index (χ2n) is 6.28. The van der Waals surface area contributed by atoms with E-state index in [0.717, 1.165) is 13.1 Å². The minimum atomic E-state index is 0.124. The van der Waals surface area contributed by atoms with Gasteiger partial charge in [0.1, 0.15) is 0 Å². The van der Waals surface area contributed by atoms with E-state index in [9.17, 15) is 4.79 Å². The molecule has 1 aliphatic rings. The van der Waals surface area contributed by atoms with Gasteiger partial charge in [0.05, 0.1) is 6.54 Å². The largest absolute Gasteiger partial charge is 0.354 e. The molecule has 1 aromatic carbocycles. The number of benzene rings is 1. The number of hydrogen-bond donors (Lipinski definition) is 2. The molecule has 3 unspecified atom stereocenters. The van der Waals surface area contributed by atoms with Crippen LogP contribution in [0.1, 0.15) is 32.3 Å². The van der Waals surface area contributed by atoms with Crippen molar-refractivity contribution in [3.05, 3.63) is 35.9 Å². The third-order valence-corrected chi connectivity index (χ3v) is 3.97. The third-order valence-electron chi connectivity index (χ3n) is 3.97. The molecule has 1 fully saturated rings. The zero-order valence-electron chi connectivity index (χ0n) is 13.3. The van der Waals surface area contributed by atoms with Crippen LogP contribution in [0.4, 0.5) is 0 Å². The number of rotatable bonds is 5. The predicted molar refractivity (Wildman–Crippen MR) is 86.4 cm³/mol. The van der Waals surface area contributed by atoms with Crippen LogP contribution in [0.15, 0.2) is 30.3 Å². The molecule has 0 aromatic heterocycles. The fraction of sp³-hybridized carbons (Fsp3) is 0.588. The van der Waals surface area contributed by atoms with Crippen LogP contribution in [-0.2, 0) is 4.79 Å². The van der Waals surface area contributed by atoms with Crippen molar-refractivity contribution in [3.8, 4) is 0 Å². The lowest BCUT2D eigenvalue weighted by molar-refractivity contribution is -0.122. The molecule has 1 amide bonds. The van der Waals surface area contributed by atoms with E-state index in [1.807, 2.05) is 18.2 Å². The number of nitrogens with one attached hydrogen (secondary N) is 2. The van der Waals surface area contributed by atoms with Crippen LogP contribution >= 0.6 is 0 Å². The van der Waals surface area contributed by atoms with Gasteiger partial charge in [0.15, 0.2) is 0 Å². The Morgan fingerprint density at radius 3 is 2.52 bits per heavy atom. The zero-order chi connectivity index (χ0) is 15.2. The fourth-order valence-corrected chi connectivity index (χ4v) is 2.99. The van der Waals surface area contributed by atoms with E-state index in [1.54, 1.807) is 0 Å². The standard InChI is InChI=1S/C17H27N3O/c1-13(16-7-5-4-6-8-16)9-18-17(21)12-20-10-14(2)19-15(3)11-20/h4-8,13-15,19H,9-12H2,1-3H3,(H,18,21). The number of carbonyl (C=O) groups excluding carboxylic acids is 1. The van der Waals surface area contributed by atoms with E-state index in [1.165, 1.54) is 5.56 Å². The monoisotopic (exact) mass is 289 g/mol. The molecule has 4 heteroatoms. The molecule has 4 nitrogen and oxygen atoms in total. The average Bonchev–Trinajstić information content (AvgIpc) is 2.44. The molecule has 1 aliphatic heterocycles. The number of hydrogen-bond acceptors (Lipinski definition) is 3. The molecular weight excluding hydrogens is 262 g/mol. The van der Waals surface area contributed by atoms with Gasteiger partial charge in [-0.05, 0) is 25.3 Å². The van der Waals surface area contributed by atoms with Crippen LogP contribution in [0.5, 0.6) is 0 Å². The lowest BCUT2D eigenvalue weighted by Gasteiger charge is -2.35. The van der Waals surface area contributed by atoms with E-state index in [2.05, 4.69) is 48.4 Å². The molecule has 1 saturated heterocycles. The van der Waals surface area contributed by atoms with Gasteiger partial charge in [-0.3, -0.25) is 9.69 Å². The maximum Gasteiger partial charge on any atom is 0.234 e. The molecule has 0 bridgehead atoms. The Morgan fingerprint density at radius 2 is 1.90 bits per heavy atom. The van der Waals surface area contributed by atoms with Crippen LogP contribution in [0.2, 0.25) is 0 Å². The predicted octanol–water partition coefficient (Wildman–Crippen LogP) is 1.59. The summed E-state index contributed by atoms with van der Waals surface area (Å²) in [5.41, 5.74) is 1.27. The Balaban J connectivity index is 1.74. The molecular formula is C17H27N3O. The van der Waals surface area contributed by atoms with Gasteiger partial charge < -0.3 is 10.6 Å². The van der Waals surface area contributed by atoms with Crippen LogP contribution in [0, 0.1) is 0 Å².